The predicted octanol–water partition coefficient (Wildman–Crippen LogP) is 2.38. The standard InChI is InChI=1S/C20H26FN7O2/c1-4-30-19(29)17-16(21)18(22-15-5-10(2)25-26-15)24-20(23-17)27(3)11-6-12-8-14-9-13(7-11)28(12)14/h5,11-14H,4,6-9H2,1-3H3,(H2,22,23,24,25,26)/t11?,12-,13+,14?. The maximum absolute atomic E-state index is 15.1. The van der Waals surface area contributed by atoms with Crippen LogP contribution >= 0.6 is 0 Å². The number of aromatic nitrogens is 4. The first-order chi connectivity index (χ1) is 14.4. The summed E-state index contributed by atoms with van der Waals surface area (Å²) >= 11 is 0. The zero-order valence-corrected chi connectivity index (χ0v) is 17.4. The van der Waals surface area contributed by atoms with Crippen molar-refractivity contribution < 1.29 is 13.9 Å². The van der Waals surface area contributed by atoms with Crippen LogP contribution in [0.25, 0.3) is 0 Å². The summed E-state index contributed by atoms with van der Waals surface area (Å²) in [5.74, 6) is -1.02. The maximum atomic E-state index is 15.1. The summed E-state index contributed by atoms with van der Waals surface area (Å²) in [4.78, 5) is 25.6. The van der Waals surface area contributed by atoms with Gasteiger partial charge in [0.25, 0.3) is 0 Å². The molecular formula is C20H26FN7O2. The number of esters is 1. The van der Waals surface area contributed by atoms with Gasteiger partial charge in [-0.3, -0.25) is 10.00 Å². The molecule has 2 aromatic heterocycles. The number of aryl methyl sites for hydroxylation is 1. The van der Waals surface area contributed by atoms with E-state index in [1.807, 2.05) is 18.9 Å². The van der Waals surface area contributed by atoms with Crippen molar-refractivity contribution in [3.8, 4) is 0 Å². The Morgan fingerprint density at radius 3 is 2.60 bits per heavy atom. The second-order valence-electron chi connectivity index (χ2n) is 8.43. The molecule has 3 fully saturated rings. The molecule has 0 amide bonds. The number of hydrogen-bond donors (Lipinski definition) is 2. The topological polar surface area (TPSA) is 99.3 Å². The number of anilines is 3. The number of aromatic amines is 1. The summed E-state index contributed by atoms with van der Waals surface area (Å²) in [7, 11) is 1.92. The molecule has 0 radical (unpaired) electrons. The van der Waals surface area contributed by atoms with E-state index in [9.17, 15) is 4.79 Å². The van der Waals surface area contributed by atoms with Crippen molar-refractivity contribution in [1.29, 1.82) is 0 Å². The van der Waals surface area contributed by atoms with Gasteiger partial charge in [0.05, 0.1) is 6.61 Å². The van der Waals surface area contributed by atoms with E-state index in [1.54, 1.807) is 13.0 Å². The third-order valence-electron chi connectivity index (χ3n) is 6.57. The Morgan fingerprint density at radius 2 is 2.00 bits per heavy atom. The number of carbonyl (C=O) groups is 1. The molecule has 5 rings (SSSR count). The monoisotopic (exact) mass is 415 g/mol. The van der Waals surface area contributed by atoms with Crippen molar-refractivity contribution in [3.05, 3.63) is 23.3 Å². The lowest BCUT2D eigenvalue weighted by atomic mass is 9.68. The van der Waals surface area contributed by atoms with Gasteiger partial charge in [0.1, 0.15) is 0 Å². The molecule has 3 aliphatic heterocycles. The molecule has 10 heteroatoms. The minimum atomic E-state index is -0.845. The summed E-state index contributed by atoms with van der Waals surface area (Å²) in [6.45, 7) is 3.65. The fraction of sp³-hybridized carbons (Fsp3) is 0.600. The number of ether oxygens (including phenoxy) is 1. The Labute approximate surface area is 174 Å². The van der Waals surface area contributed by atoms with Gasteiger partial charge in [-0.1, -0.05) is 0 Å². The highest BCUT2D eigenvalue weighted by Crippen LogP contribution is 2.49. The summed E-state index contributed by atoms with van der Waals surface area (Å²) in [5.41, 5.74) is 0.453. The van der Waals surface area contributed by atoms with Crippen molar-refractivity contribution in [2.24, 2.45) is 0 Å². The fourth-order valence-electron chi connectivity index (χ4n) is 5.08. The minimum Gasteiger partial charge on any atom is -0.461 e. The SMILES string of the molecule is CCOC(=O)c1nc(N(C)C2C[C@@H]3CC4C[C@H](C2)N43)nc(Nc2cc(C)[nH]n2)c1F. The number of rotatable bonds is 6. The molecule has 5 heterocycles. The highest BCUT2D eigenvalue weighted by molar-refractivity contribution is 5.89. The van der Waals surface area contributed by atoms with Crippen LogP contribution in [0.1, 0.15) is 48.8 Å². The van der Waals surface area contributed by atoms with Crippen LogP contribution in [0.5, 0.6) is 0 Å². The van der Waals surface area contributed by atoms with Gasteiger partial charge in [0.2, 0.25) is 5.95 Å². The maximum Gasteiger partial charge on any atom is 0.360 e. The van der Waals surface area contributed by atoms with Crippen LogP contribution in [-0.4, -0.2) is 68.9 Å². The van der Waals surface area contributed by atoms with Gasteiger partial charge in [-0.05, 0) is 39.5 Å². The van der Waals surface area contributed by atoms with Crippen molar-refractivity contribution in [3.63, 3.8) is 0 Å². The van der Waals surface area contributed by atoms with Crippen molar-refractivity contribution in [2.45, 2.75) is 63.7 Å². The lowest BCUT2D eigenvalue weighted by molar-refractivity contribution is -0.148. The summed E-state index contributed by atoms with van der Waals surface area (Å²) in [5, 5.41) is 9.73. The van der Waals surface area contributed by atoms with Crippen LogP contribution < -0.4 is 10.2 Å². The fourth-order valence-corrected chi connectivity index (χ4v) is 5.08. The van der Waals surface area contributed by atoms with E-state index < -0.39 is 11.8 Å². The van der Waals surface area contributed by atoms with Gasteiger partial charge >= 0.3 is 5.97 Å². The highest BCUT2D eigenvalue weighted by Gasteiger charge is 2.55. The van der Waals surface area contributed by atoms with Gasteiger partial charge < -0.3 is 15.0 Å². The number of halogens is 1. The van der Waals surface area contributed by atoms with Crippen LogP contribution in [0, 0.1) is 12.7 Å². The van der Waals surface area contributed by atoms with E-state index in [-0.39, 0.29) is 24.2 Å². The molecule has 0 aliphatic carbocycles. The second-order valence-corrected chi connectivity index (χ2v) is 8.43. The third kappa shape index (κ3) is 3.10. The van der Waals surface area contributed by atoms with Crippen LogP contribution in [0.15, 0.2) is 6.07 Å². The molecule has 160 valence electrons. The molecule has 2 unspecified atom stereocenters. The van der Waals surface area contributed by atoms with E-state index in [0.717, 1.165) is 24.6 Å². The van der Waals surface area contributed by atoms with E-state index in [1.165, 1.54) is 12.8 Å². The van der Waals surface area contributed by atoms with E-state index >= 15 is 4.39 Å². The molecule has 9 nitrogen and oxygen atoms in total. The van der Waals surface area contributed by atoms with Gasteiger partial charge in [-0.25, -0.2) is 14.2 Å². The number of hydrogen-bond acceptors (Lipinski definition) is 8. The van der Waals surface area contributed by atoms with Crippen LogP contribution in [0.4, 0.5) is 22.0 Å². The number of nitrogens with one attached hydrogen (secondary N) is 2. The zero-order chi connectivity index (χ0) is 21.0. The largest absolute Gasteiger partial charge is 0.461 e. The minimum absolute atomic E-state index is 0.0915. The number of carbonyl (C=O) groups excluding carboxylic acids is 1. The number of nitrogens with zero attached hydrogens (tertiary/aromatic N) is 5. The Bertz CT molecular complexity index is 964. The average molecular weight is 415 g/mol. The van der Waals surface area contributed by atoms with Gasteiger partial charge in [-0.2, -0.15) is 10.1 Å². The van der Waals surface area contributed by atoms with Crippen molar-refractivity contribution in [2.75, 3.05) is 23.9 Å². The molecule has 3 aliphatic rings. The molecular weight excluding hydrogens is 389 g/mol. The van der Waals surface area contributed by atoms with E-state index in [4.69, 9.17) is 4.74 Å². The normalized spacial score (nSPS) is 26.9. The third-order valence-corrected chi connectivity index (χ3v) is 6.57. The molecule has 0 bridgehead atoms. The first-order valence-corrected chi connectivity index (χ1v) is 10.5. The quantitative estimate of drug-likeness (QED) is 0.694. The Kier molecular flexibility index (Phi) is 4.61. The molecule has 30 heavy (non-hydrogen) atoms. The van der Waals surface area contributed by atoms with Crippen LogP contribution in [-0.2, 0) is 4.74 Å². The smallest absolute Gasteiger partial charge is 0.360 e. The molecule has 0 spiro atoms. The number of H-pyrrole nitrogens is 1. The molecule has 3 saturated heterocycles. The lowest BCUT2D eigenvalue weighted by Crippen LogP contribution is -2.74. The predicted molar refractivity (Wildman–Crippen MR) is 108 cm³/mol. The Balaban J connectivity index is 1.46. The van der Waals surface area contributed by atoms with E-state index in [0.29, 0.717) is 23.8 Å². The van der Waals surface area contributed by atoms with Crippen molar-refractivity contribution in [1.82, 2.24) is 25.1 Å². The molecule has 0 saturated carbocycles. The van der Waals surface area contributed by atoms with Gasteiger partial charge in [-0.15, -0.1) is 0 Å². The summed E-state index contributed by atoms with van der Waals surface area (Å²) in [6.07, 6.45) is 4.57. The lowest BCUT2D eigenvalue weighted by Gasteiger charge is -2.66. The van der Waals surface area contributed by atoms with Gasteiger partial charge in [0, 0.05) is 43.0 Å². The molecule has 0 aromatic carbocycles. The van der Waals surface area contributed by atoms with Crippen molar-refractivity contribution >= 4 is 23.6 Å². The summed E-state index contributed by atoms with van der Waals surface area (Å²) in [6, 6.07) is 4.00. The molecule has 2 N–H and O–H groups in total. The first-order valence-electron chi connectivity index (χ1n) is 10.5. The molecule has 2 aromatic rings. The molecule has 4 atom stereocenters. The Morgan fingerprint density at radius 1 is 1.30 bits per heavy atom. The second kappa shape index (κ2) is 7.19. The van der Waals surface area contributed by atoms with Gasteiger partial charge in [0.15, 0.2) is 23.1 Å². The Hall–Kier alpha value is -2.75. The first kappa shape index (κ1) is 19.2. The zero-order valence-electron chi connectivity index (χ0n) is 17.4. The highest BCUT2D eigenvalue weighted by atomic mass is 19.1. The average Bonchev–Trinajstić information content (AvgIpc) is 3.08. The van der Waals surface area contributed by atoms with E-state index in [2.05, 4.69) is 30.4 Å². The summed E-state index contributed by atoms with van der Waals surface area (Å²) < 4.78 is 20.1. The van der Waals surface area contributed by atoms with Crippen LogP contribution in [0.2, 0.25) is 0 Å². The van der Waals surface area contributed by atoms with Crippen LogP contribution in [0.3, 0.4) is 0 Å². The number of piperidine rings is 2.